The molecule has 0 aliphatic rings. The number of nitrogens with zero attached hydrogens (tertiary/aromatic N) is 1. The van der Waals surface area contributed by atoms with Gasteiger partial charge in [0.1, 0.15) is 0 Å². The zero-order chi connectivity index (χ0) is 24.4. The molecule has 0 heterocycles. The van der Waals surface area contributed by atoms with Crippen molar-refractivity contribution in [2.75, 3.05) is 0 Å². The van der Waals surface area contributed by atoms with E-state index in [0.717, 1.165) is 6.07 Å². The second-order valence-electron chi connectivity index (χ2n) is 7.12. The average Bonchev–Trinajstić information content (AvgIpc) is 2.76. The van der Waals surface area contributed by atoms with Crippen molar-refractivity contribution in [1.29, 1.82) is 5.26 Å². The fourth-order valence-corrected chi connectivity index (χ4v) is 5.56. The van der Waals surface area contributed by atoms with E-state index < -0.39 is 47.0 Å². The molecule has 2 N–H and O–H groups in total. The zero-order valence-electron chi connectivity index (χ0n) is 16.9. The first-order chi connectivity index (χ1) is 15.3. The van der Waals surface area contributed by atoms with Gasteiger partial charge in [0.2, 0.25) is 19.9 Å². The first-order valence-corrected chi connectivity index (χ1v) is 12.4. The summed E-state index contributed by atoms with van der Waals surface area (Å²) in [6.07, 6.45) is -5.38. The number of nitrogens with two attached hydrogens (primary N) is 1. The van der Waals surface area contributed by atoms with E-state index in [-0.39, 0.29) is 17.7 Å². The number of benzene rings is 3. The van der Waals surface area contributed by atoms with Gasteiger partial charge in [-0.1, -0.05) is 30.3 Å². The predicted octanol–water partition coefficient (Wildman–Crippen LogP) is 3.84. The van der Waals surface area contributed by atoms with Crippen LogP contribution in [0.25, 0.3) is 0 Å². The van der Waals surface area contributed by atoms with Gasteiger partial charge in [-0.2, -0.15) is 18.4 Å². The van der Waals surface area contributed by atoms with Crippen LogP contribution >= 0.6 is 0 Å². The molecule has 33 heavy (non-hydrogen) atoms. The summed E-state index contributed by atoms with van der Waals surface area (Å²) in [7, 11) is -9.24. The number of alkyl halides is 3. The van der Waals surface area contributed by atoms with Crippen molar-refractivity contribution in [3.63, 3.8) is 0 Å². The zero-order valence-corrected chi connectivity index (χ0v) is 18.5. The molecule has 6 nitrogen and oxygen atoms in total. The lowest BCUT2D eigenvalue weighted by molar-refractivity contribution is -0.140. The topological polar surface area (TPSA) is 118 Å². The summed E-state index contributed by atoms with van der Waals surface area (Å²) < 4.78 is 91.9. The van der Waals surface area contributed by atoms with Gasteiger partial charge in [-0.15, -0.1) is 0 Å². The largest absolute Gasteiger partial charge is 0.417 e. The summed E-state index contributed by atoms with van der Waals surface area (Å²) in [4.78, 5) is -2.12. The normalized spacial score (nSPS) is 12.3. The highest BCUT2D eigenvalue weighted by Crippen LogP contribution is 2.39. The fourth-order valence-electron chi connectivity index (χ4n) is 3.30. The van der Waals surface area contributed by atoms with Crippen molar-refractivity contribution in [3.05, 3.63) is 89.0 Å². The van der Waals surface area contributed by atoms with Gasteiger partial charge in [-0.25, -0.2) is 22.0 Å². The van der Waals surface area contributed by atoms with Crippen LogP contribution in [0, 0.1) is 11.3 Å². The van der Waals surface area contributed by atoms with E-state index in [1.54, 1.807) is 18.2 Å². The molecule has 0 spiro atoms. The number of hydrogen-bond acceptors (Lipinski definition) is 5. The predicted molar refractivity (Wildman–Crippen MR) is 113 cm³/mol. The lowest BCUT2D eigenvalue weighted by Crippen LogP contribution is -2.22. The molecule has 0 fully saturated rings. The lowest BCUT2D eigenvalue weighted by atomic mass is 9.99. The van der Waals surface area contributed by atoms with Crippen LogP contribution in [-0.4, -0.2) is 16.8 Å². The van der Waals surface area contributed by atoms with Crippen molar-refractivity contribution >= 4 is 19.9 Å². The molecule has 0 atom stereocenters. The lowest BCUT2D eigenvalue weighted by Gasteiger charge is -2.18. The van der Waals surface area contributed by atoms with Crippen LogP contribution in [0.1, 0.15) is 22.3 Å². The Kier molecular flexibility index (Phi) is 6.65. The maximum absolute atomic E-state index is 13.9. The number of halogens is 3. The van der Waals surface area contributed by atoms with Gasteiger partial charge in [0.05, 0.1) is 31.9 Å². The SMILES string of the molecule is N#Cc1ccc(CCc2cc(S(=O)(=O)c3ccccc3)cc(S(N)(=O)=O)c2C(F)(F)F)cc1. The first-order valence-electron chi connectivity index (χ1n) is 9.40. The van der Waals surface area contributed by atoms with E-state index in [9.17, 15) is 30.0 Å². The minimum absolute atomic E-state index is 0.0354. The second kappa shape index (κ2) is 8.97. The highest BCUT2D eigenvalue weighted by molar-refractivity contribution is 7.91. The van der Waals surface area contributed by atoms with Gasteiger partial charge >= 0.3 is 6.18 Å². The molecular formula is C22H17F3N2O4S2. The molecule has 3 rings (SSSR count). The van der Waals surface area contributed by atoms with Crippen LogP contribution in [0.3, 0.4) is 0 Å². The molecule has 0 aliphatic carbocycles. The number of rotatable bonds is 6. The first kappa shape index (κ1) is 24.4. The van der Waals surface area contributed by atoms with Gasteiger partial charge in [0.25, 0.3) is 0 Å². The number of aryl methyl sites for hydroxylation is 2. The van der Waals surface area contributed by atoms with Crippen molar-refractivity contribution in [2.24, 2.45) is 5.14 Å². The molecule has 0 aliphatic heterocycles. The number of primary sulfonamides is 1. The van der Waals surface area contributed by atoms with Crippen LogP contribution in [0.2, 0.25) is 0 Å². The van der Waals surface area contributed by atoms with E-state index in [1.165, 1.54) is 36.4 Å². The highest BCUT2D eigenvalue weighted by Gasteiger charge is 2.40. The average molecular weight is 495 g/mol. The molecule has 0 radical (unpaired) electrons. The molecule has 3 aromatic carbocycles. The van der Waals surface area contributed by atoms with Crippen molar-refractivity contribution in [1.82, 2.24) is 0 Å². The van der Waals surface area contributed by atoms with Crippen LogP contribution < -0.4 is 5.14 Å². The quantitative estimate of drug-likeness (QED) is 0.559. The molecule has 0 amide bonds. The van der Waals surface area contributed by atoms with E-state index in [1.807, 2.05) is 6.07 Å². The molecule has 0 saturated heterocycles. The third-order valence-corrected chi connectivity index (χ3v) is 7.56. The molecule has 0 unspecified atom stereocenters. The summed E-state index contributed by atoms with van der Waals surface area (Å²) in [5.41, 5.74) is -1.07. The maximum Gasteiger partial charge on any atom is 0.417 e. The Morgan fingerprint density at radius 1 is 0.848 bits per heavy atom. The fraction of sp³-hybridized carbons (Fsp3) is 0.136. The van der Waals surface area contributed by atoms with Gasteiger partial charge in [0.15, 0.2) is 0 Å². The third kappa shape index (κ3) is 5.42. The minimum atomic E-state index is -5.10. The summed E-state index contributed by atoms with van der Waals surface area (Å²) in [6, 6.07) is 16.2. The molecule has 0 saturated carbocycles. The summed E-state index contributed by atoms with van der Waals surface area (Å²) in [5, 5.41) is 13.9. The van der Waals surface area contributed by atoms with Gasteiger partial charge in [-0.05, 0) is 60.4 Å². The van der Waals surface area contributed by atoms with E-state index >= 15 is 0 Å². The van der Waals surface area contributed by atoms with Crippen molar-refractivity contribution in [3.8, 4) is 6.07 Å². The van der Waals surface area contributed by atoms with Crippen LogP contribution in [0.5, 0.6) is 0 Å². The van der Waals surface area contributed by atoms with Crippen molar-refractivity contribution in [2.45, 2.75) is 33.7 Å². The van der Waals surface area contributed by atoms with E-state index in [4.69, 9.17) is 10.4 Å². The smallest absolute Gasteiger partial charge is 0.225 e. The number of sulfonamides is 1. The number of nitriles is 1. The van der Waals surface area contributed by atoms with E-state index in [2.05, 4.69) is 0 Å². The van der Waals surface area contributed by atoms with E-state index in [0.29, 0.717) is 17.2 Å². The van der Waals surface area contributed by atoms with Gasteiger partial charge in [0, 0.05) is 0 Å². The van der Waals surface area contributed by atoms with Gasteiger partial charge in [-0.3, -0.25) is 0 Å². The minimum Gasteiger partial charge on any atom is -0.225 e. The molecular weight excluding hydrogens is 477 g/mol. The second-order valence-corrected chi connectivity index (χ2v) is 10.6. The Morgan fingerprint density at radius 2 is 1.45 bits per heavy atom. The summed E-state index contributed by atoms with van der Waals surface area (Å²) in [5.74, 6) is 0. The van der Waals surface area contributed by atoms with Gasteiger partial charge < -0.3 is 0 Å². The Morgan fingerprint density at radius 3 is 1.97 bits per heavy atom. The third-order valence-electron chi connectivity index (χ3n) is 4.88. The Labute approximate surface area is 189 Å². The molecule has 3 aromatic rings. The Bertz CT molecular complexity index is 1430. The summed E-state index contributed by atoms with van der Waals surface area (Å²) in [6.45, 7) is 0. The Balaban J connectivity index is 2.20. The van der Waals surface area contributed by atoms with Crippen LogP contribution in [-0.2, 0) is 38.9 Å². The summed E-state index contributed by atoms with van der Waals surface area (Å²) >= 11 is 0. The molecule has 11 heteroatoms. The molecule has 172 valence electrons. The van der Waals surface area contributed by atoms with Crippen molar-refractivity contribution < 1.29 is 30.0 Å². The number of hydrogen-bond donors (Lipinski definition) is 1. The Hall–Kier alpha value is -3.20. The maximum atomic E-state index is 13.9. The van der Waals surface area contributed by atoms with Crippen LogP contribution in [0.15, 0.2) is 81.4 Å². The molecule has 0 bridgehead atoms. The number of sulfone groups is 1. The van der Waals surface area contributed by atoms with Crippen LogP contribution in [0.4, 0.5) is 13.2 Å². The molecule has 0 aromatic heterocycles. The standard InChI is InChI=1S/C22H17F3N2O4S2/c23-22(24,25)21-17(11-10-15-6-8-16(14-26)9-7-15)12-19(13-20(21)33(27,30)31)32(28,29)18-4-2-1-3-5-18/h1-9,12-13H,10-11H2,(H2,27,30,31). The highest BCUT2D eigenvalue weighted by atomic mass is 32.2. The monoisotopic (exact) mass is 494 g/mol.